The van der Waals surface area contributed by atoms with Crippen molar-refractivity contribution in [3.05, 3.63) is 35.5 Å². The topological polar surface area (TPSA) is 42.7 Å². The first-order chi connectivity index (χ1) is 10.9. The van der Waals surface area contributed by atoms with Crippen molar-refractivity contribution in [1.82, 2.24) is 20.3 Å². The Morgan fingerprint density at radius 3 is 2.91 bits per heavy atom. The minimum absolute atomic E-state index is 0.737. The van der Waals surface area contributed by atoms with Gasteiger partial charge in [-0.15, -0.1) is 5.10 Å². The molecule has 22 heavy (non-hydrogen) atoms. The zero-order valence-electron chi connectivity index (χ0n) is 13.1. The van der Waals surface area contributed by atoms with E-state index in [1.54, 1.807) is 0 Å². The van der Waals surface area contributed by atoms with Crippen LogP contribution in [0.1, 0.15) is 36.8 Å². The lowest BCUT2D eigenvalue weighted by molar-refractivity contribution is 0.318. The molecule has 1 aromatic heterocycles. The molecule has 2 heterocycles. The Morgan fingerprint density at radius 1 is 1.14 bits per heavy atom. The van der Waals surface area contributed by atoms with Gasteiger partial charge in [-0.25, -0.2) is 0 Å². The predicted molar refractivity (Wildman–Crippen MR) is 87.7 cm³/mol. The number of piperidine rings is 1. The van der Waals surface area contributed by atoms with Crippen LogP contribution in [0.25, 0.3) is 11.3 Å². The molecule has 4 nitrogen and oxygen atoms in total. The Morgan fingerprint density at radius 2 is 2.00 bits per heavy atom. The summed E-state index contributed by atoms with van der Waals surface area (Å²) in [7, 11) is 0. The highest BCUT2D eigenvalue weighted by molar-refractivity contribution is 5.65. The van der Waals surface area contributed by atoms with E-state index in [0.29, 0.717) is 0 Å². The van der Waals surface area contributed by atoms with Crippen molar-refractivity contribution in [3.8, 4) is 11.3 Å². The quantitative estimate of drug-likeness (QED) is 0.947. The van der Waals surface area contributed by atoms with Gasteiger partial charge in [-0.3, -0.25) is 4.68 Å². The summed E-state index contributed by atoms with van der Waals surface area (Å²) in [6.45, 7) is 3.28. The first kappa shape index (κ1) is 13.9. The zero-order chi connectivity index (χ0) is 14.8. The molecule has 2 aliphatic rings. The van der Waals surface area contributed by atoms with E-state index in [1.165, 1.54) is 55.2 Å². The van der Waals surface area contributed by atoms with E-state index in [2.05, 4.69) is 40.0 Å². The number of nitrogens with one attached hydrogen (secondary N) is 1. The molecule has 0 bridgehead atoms. The summed E-state index contributed by atoms with van der Waals surface area (Å²) >= 11 is 0. The highest BCUT2D eigenvalue weighted by atomic mass is 15.4. The van der Waals surface area contributed by atoms with E-state index < -0.39 is 0 Å². The smallest absolute Gasteiger partial charge is 0.113 e. The molecule has 116 valence electrons. The van der Waals surface area contributed by atoms with Gasteiger partial charge in [0.15, 0.2) is 0 Å². The number of hydrogen-bond acceptors (Lipinski definition) is 3. The molecule has 0 saturated carbocycles. The molecule has 0 atom stereocenters. The molecular formula is C18H24N4. The zero-order valence-corrected chi connectivity index (χ0v) is 13.1. The first-order valence-corrected chi connectivity index (χ1v) is 8.62. The van der Waals surface area contributed by atoms with Crippen molar-refractivity contribution in [2.45, 2.75) is 45.1 Å². The number of rotatable bonds is 3. The summed E-state index contributed by atoms with van der Waals surface area (Å²) in [4.78, 5) is 0. The number of nitrogens with zero attached hydrogens (tertiary/aromatic N) is 3. The molecule has 1 fully saturated rings. The summed E-state index contributed by atoms with van der Waals surface area (Å²) in [5.41, 5.74) is 5.36. The summed E-state index contributed by atoms with van der Waals surface area (Å²) in [6, 6.07) is 6.66. The molecule has 0 radical (unpaired) electrons. The van der Waals surface area contributed by atoms with Crippen LogP contribution in [0.2, 0.25) is 0 Å². The molecule has 4 heteroatoms. The van der Waals surface area contributed by atoms with Crippen molar-refractivity contribution < 1.29 is 0 Å². The lowest BCUT2D eigenvalue weighted by Crippen LogP contribution is -2.30. The average molecular weight is 296 g/mol. The van der Waals surface area contributed by atoms with E-state index in [4.69, 9.17) is 0 Å². The van der Waals surface area contributed by atoms with E-state index in [-0.39, 0.29) is 0 Å². The molecule has 1 aliphatic heterocycles. The lowest BCUT2D eigenvalue weighted by atomic mass is 9.87. The number of aromatic nitrogens is 3. The maximum Gasteiger partial charge on any atom is 0.113 e. The summed E-state index contributed by atoms with van der Waals surface area (Å²) in [6.07, 6.45) is 9.66. The molecule has 1 aliphatic carbocycles. The van der Waals surface area contributed by atoms with Crippen LogP contribution in [0.5, 0.6) is 0 Å². The third kappa shape index (κ3) is 2.80. The lowest BCUT2D eigenvalue weighted by Gasteiger charge is -2.22. The van der Waals surface area contributed by atoms with Crippen LogP contribution >= 0.6 is 0 Å². The van der Waals surface area contributed by atoms with Gasteiger partial charge in [-0.2, -0.15) is 0 Å². The third-order valence-corrected chi connectivity index (χ3v) is 5.11. The second kappa shape index (κ2) is 6.21. The molecule has 1 N–H and O–H groups in total. The summed E-state index contributed by atoms with van der Waals surface area (Å²) < 4.78 is 2.05. The first-order valence-electron chi connectivity index (χ1n) is 8.62. The fourth-order valence-corrected chi connectivity index (χ4v) is 3.86. The van der Waals surface area contributed by atoms with Crippen LogP contribution in [0.15, 0.2) is 24.4 Å². The fraction of sp³-hybridized carbons (Fsp3) is 0.556. The molecule has 1 saturated heterocycles. The molecule has 1 aromatic carbocycles. The van der Waals surface area contributed by atoms with Gasteiger partial charge in [-0.1, -0.05) is 23.4 Å². The van der Waals surface area contributed by atoms with E-state index in [9.17, 15) is 0 Å². The molecule has 0 spiro atoms. The van der Waals surface area contributed by atoms with Gasteiger partial charge >= 0.3 is 0 Å². The van der Waals surface area contributed by atoms with Gasteiger partial charge < -0.3 is 5.32 Å². The Labute approximate surface area is 131 Å². The minimum Gasteiger partial charge on any atom is -0.317 e. The maximum atomic E-state index is 4.46. The predicted octanol–water partition coefficient (Wildman–Crippen LogP) is 2.82. The van der Waals surface area contributed by atoms with Gasteiger partial charge in [0.05, 0.1) is 6.20 Å². The van der Waals surface area contributed by atoms with Gasteiger partial charge in [0.25, 0.3) is 0 Å². The van der Waals surface area contributed by atoms with Gasteiger partial charge in [0.1, 0.15) is 5.69 Å². The van der Waals surface area contributed by atoms with Crippen LogP contribution in [-0.4, -0.2) is 28.1 Å². The van der Waals surface area contributed by atoms with E-state index in [1.807, 2.05) is 4.68 Å². The summed E-state index contributed by atoms with van der Waals surface area (Å²) in [5.74, 6) is 0.737. The van der Waals surface area contributed by atoms with Crippen LogP contribution in [0.4, 0.5) is 0 Å². The van der Waals surface area contributed by atoms with Crippen molar-refractivity contribution in [2.24, 2.45) is 5.92 Å². The second-order valence-corrected chi connectivity index (χ2v) is 6.67. The Bertz CT molecular complexity index is 640. The number of fused-ring (bicyclic) bond motifs is 1. The van der Waals surface area contributed by atoms with Crippen molar-refractivity contribution in [1.29, 1.82) is 0 Å². The largest absolute Gasteiger partial charge is 0.317 e. The molecule has 0 unspecified atom stereocenters. The maximum absolute atomic E-state index is 4.46. The molecule has 2 aromatic rings. The van der Waals surface area contributed by atoms with Gasteiger partial charge in [-0.05, 0) is 68.7 Å². The second-order valence-electron chi connectivity index (χ2n) is 6.67. The molecule has 4 rings (SSSR count). The van der Waals surface area contributed by atoms with Crippen LogP contribution in [-0.2, 0) is 19.4 Å². The van der Waals surface area contributed by atoms with Gasteiger partial charge in [0.2, 0.25) is 0 Å². The monoisotopic (exact) mass is 296 g/mol. The van der Waals surface area contributed by atoms with Crippen molar-refractivity contribution in [3.63, 3.8) is 0 Å². The highest BCUT2D eigenvalue weighted by Crippen LogP contribution is 2.30. The number of benzene rings is 1. The normalized spacial score (nSPS) is 19.1. The van der Waals surface area contributed by atoms with Crippen molar-refractivity contribution >= 4 is 0 Å². The Hall–Kier alpha value is -1.68. The molecular weight excluding hydrogens is 272 g/mol. The summed E-state index contributed by atoms with van der Waals surface area (Å²) in [5, 5.41) is 12.3. The Balaban J connectivity index is 1.56. The minimum atomic E-state index is 0.737. The van der Waals surface area contributed by atoms with Crippen LogP contribution in [0, 0.1) is 5.92 Å². The fourth-order valence-electron chi connectivity index (χ4n) is 3.86. The number of hydrogen-bond donors (Lipinski definition) is 1. The number of aryl methyl sites for hydroxylation is 1. The SMILES string of the molecule is c1cc2c(c(-c3cn(CC4CCNCC4)nn3)c1)CCCC2. The van der Waals surface area contributed by atoms with Crippen molar-refractivity contribution in [2.75, 3.05) is 13.1 Å². The van der Waals surface area contributed by atoms with E-state index in [0.717, 1.165) is 31.2 Å². The highest BCUT2D eigenvalue weighted by Gasteiger charge is 2.18. The average Bonchev–Trinajstić information content (AvgIpc) is 3.03. The van der Waals surface area contributed by atoms with Gasteiger partial charge in [0, 0.05) is 12.1 Å². The Kier molecular flexibility index (Phi) is 3.94. The van der Waals surface area contributed by atoms with E-state index >= 15 is 0 Å². The molecule has 0 amide bonds. The van der Waals surface area contributed by atoms with Crippen LogP contribution in [0.3, 0.4) is 0 Å². The standard InChI is InChI=1S/C18H24N4/c1-2-6-16-15(4-1)5-3-7-17(16)18-13-22(21-20-18)12-14-8-10-19-11-9-14/h3,5,7,13-14,19H,1-2,4,6,8-12H2. The van der Waals surface area contributed by atoms with Crippen LogP contribution < -0.4 is 5.32 Å². The third-order valence-electron chi connectivity index (χ3n) is 5.11.